The third kappa shape index (κ3) is 3.79. The van der Waals surface area contributed by atoms with E-state index in [9.17, 15) is 0 Å². The van der Waals surface area contributed by atoms with Crippen molar-refractivity contribution in [3.63, 3.8) is 0 Å². The van der Waals surface area contributed by atoms with Gasteiger partial charge in [0.2, 0.25) is 0 Å². The van der Waals surface area contributed by atoms with Gasteiger partial charge >= 0.3 is 0 Å². The van der Waals surface area contributed by atoms with Crippen molar-refractivity contribution in [2.24, 2.45) is 5.92 Å². The van der Waals surface area contributed by atoms with E-state index >= 15 is 0 Å². The highest BCUT2D eigenvalue weighted by Crippen LogP contribution is 2.09. The van der Waals surface area contributed by atoms with Gasteiger partial charge in [-0.3, -0.25) is 4.68 Å². The van der Waals surface area contributed by atoms with Crippen molar-refractivity contribution in [1.82, 2.24) is 15.1 Å². The van der Waals surface area contributed by atoms with Gasteiger partial charge < -0.3 is 10.1 Å². The Morgan fingerprint density at radius 1 is 1.57 bits per heavy atom. The zero-order chi connectivity index (χ0) is 10.4. The van der Waals surface area contributed by atoms with Gasteiger partial charge in [-0.05, 0) is 13.0 Å². The highest BCUT2D eigenvalue weighted by Gasteiger charge is 2.00. The fourth-order valence-corrected chi connectivity index (χ4v) is 1.03. The van der Waals surface area contributed by atoms with E-state index in [1.807, 2.05) is 17.9 Å². The summed E-state index contributed by atoms with van der Waals surface area (Å²) in [5.74, 6) is 1.41. The first-order valence-electron chi connectivity index (χ1n) is 5.02. The summed E-state index contributed by atoms with van der Waals surface area (Å²) < 4.78 is 7.41. The normalized spacial score (nSPS) is 10.9. The zero-order valence-corrected chi connectivity index (χ0v) is 9.16. The third-order valence-corrected chi connectivity index (χ3v) is 1.78. The lowest BCUT2D eigenvalue weighted by Gasteiger charge is -2.05. The first-order valence-corrected chi connectivity index (χ1v) is 5.02. The molecular formula is C10H19N3O. The summed E-state index contributed by atoms with van der Waals surface area (Å²) in [7, 11) is 1.93. The number of aromatic nitrogens is 2. The molecule has 1 N–H and O–H groups in total. The lowest BCUT2D eigenvalue weighted by Crippen LogP contribution is -2.15. The minimum atomic E-state index is 0.552. The third-order valence-electron chi connectivity index (χ3n) is 1.78. The van der Waals surface area contributed by atoms with Gasteiger partial charge in [0.05, 0.1) is 25.5 Å². The molecule has 0 bridgehead atoms. The maximum atomic E-state index is 5.52. The summed E-state index contributed by atoms with van der Waals surface area (Å²) in [6.07, 6.45) is 3.69. The summed E-state index contributed by atoms with van der Waals surface area (Å²) >= 11 is 0. The van der Waals surface area contributed by atoms with E-state index in [0.29, 0.717) is 5.92 Å². The maximum Gasteiger partial charge on any atom is 0.157 e. The monoisotopic (exact) mass is 197 g/mol. The van der Waals surface area contributed by atoms with Crippen molar-refractivity contribution in [3.8, 4) is 5.75 Å². The highest BCUT2D eigenvalue weighted by molar-refractivity contribution is 5.11. The Hall–Kier alpha value is -1.03. The quantitative estimate of drug-likeness (QED) is 0.743. The summed E-state index contributed by atoms with van der Waals surface area (Å²) in [6.45, 7) is 6.81. The second kappa shape index (κ2) is 5.65. The van der Waals surface area contributed by atoms with Crippen LogP contribution < -0.4 is 10.1 Å². The Balaban J connectivity index is 2.35. The average Bonchev–Trinajstić information content (AvgIpc) is 2.59. The summed E-state index contributed by atoms with van der Waals surface area (Å²) in [5.41, 5.74) is 0. The Morgan fingerprint density at radius 3 is 3.00 bits per heavy atom. The van der Waals surface area contributed by atoms with E-state index in [1.165, 1.54) is 0 Å². The van der Waals surface area contributed by atoms with Crippen molar-refractivity contribution < 1.29 is 4.74 Å². The predicted molar refractivity (Wildman–Crippen MR) is 56.5 cm³/mol. The number of rotatable bonds is 6. The molecule has 0 aliphatic rings. The number of ether oxygens (including phenoxy) is 1. The van der Waals surface area contributed by atoms with E-state index < -0.39 is 0 Å². The highest BCUT2D eigenvalue weighted by atomic mass is 16.5. The Labute approximate surface area is 85.3 Å². The SMILES string of the molecule is CNCCn1cc(OCC(C)C)cn1. The molecule has 0 aromatic carbocycles. The van der Waals surface area contributed by atoms with Crippen molar-refractivity contribution in [1.29, 1.82) is 0 Å². The van der Waals surface area contributed by atoms with E-state index in [1.54, 1.807) is 6.20 Å². The molecule has 4 heteroatoms. The van der Waals surface area contributed by atoms with E-state index in [0.717, 1.165) is 25.4 Å². The van der Waals surface area contributed by atoms with E-state index in [4.69, 9.17) is 4.74 Å². The first kappa shape index (κ1) is 11.0. The van der Waals surface area contributed by atoms with Crippen molar-refractivity contribution in [2.45, 2.75) is 20.4 Å². The lowest BCUT2D eigenvalue weighted by molar-refractivity contribution is 0.270. The second-order valence-corrected chi connectivity index (χ2v) is 3.75. The molecule has 0 aliphatic heterocycles. The molecule has 4 nitrogen and oxygen atoms in total. The fourth-order valence-electron chi connectivity index (χ4n) is 1.03. The number of nitrogens with zero attached hydrogens (tertiary/aromatic N) is 2. The maximum absolute atomic E-state index is 5.52. The van der Waals surface area contributed by atoms with Crippen LogP contribution in [0, 0.1) is 5.92 Å². The van der Waals surface area contributed by atoms with E-state index in [-0.39, 0.29) is 0 Å². The van der Waals surface area contributed by atoms with Gasteiger partial charge in [-0.2, -0.15) is 5.10 Å². The standard InChI is InChI=1S/C10H19N3O/c1-9(2)8-14-10-6-12-13(7-10)5-4-11-3/h6-7,9,11H,4-5,8H2,1-3H3. The molecular weight excluding hydrogens is 178 g/mol. The molecule has 0 atom stereocenters. The van der Waals surface area contributed by atoms with Crippen molar-refractivity contribution in [2.75, 3.05) is 20.2 Å². The fraction of sp³-hybridized carbons (Fsp3) is 0.700. The molecule has 0 saturated carbocycles. The summed E-state index contributed by atoms with van der Waals surface area (Å²) in [5, 5.41) is 7.26. The number of nitrogens with one attached hydrogen (secondary N) is 1. The Kier molecular flexibility index (Phi) is 4.46. The molecule has 0 amide bonds. The molecule has 1 aromatic heterocycles. The van der Waals surface area contributed by atoms with E-state index in [2.05, 4.69) is 24.3 Å². The van der Waals surface area contributed by atoms with Gasteiger partial charge in [0.25, 0.3) is 0 Å². The smallest absolute Gasteiger partial charge is 0.157 e. The van der Waals surface area contributed by atoms with Crippen molar-refractivity contribution >= 4 is 0 Å². The van der Waals surface area contributed by atoms with Gasteiger partial charge in [-0.15, -0.1) is 0 Å². The summed E-state index contributed by atoms with van der Waals surface area (Å²) in [4.78, 5) is 0. The topological polar surface area (TPSA) is 39.1 Å². The molecule has 0 aliphatic carbocycles. The van der Waals surface area contributed by atoms with Crippen LogP contribution in [0.1, 0.15) is 13.8 Å². The summed E-state index contributed by atoms with van der Waals surface area (Å²) in [6, 6.07) is 0. The van der Waals surface area contributed by atoms with Crippen LogP contribution in [-0.2, 0) is 6.54 Å². The number of likely N-dealkylation sites (N-methyl/N-ethyl adjacent to an activating group) is 1. The molecule has 1 heterocycles. The lowest BCUT2D eigenvalue weighted by atomic mass is 10.2. The van der Waals surface area contributed by atoms with Gasteiger partial charge in [0, 0.05) is 6.54 Å². The molecule has 0 spiro atoms. The van der Waals surface area contributed by atoms with Crippen LogP contribution in [0.2, 0.25) is 0 Å². The molecule has 14 heavy (non-hydrogen) atoms. The molecule has 80 valence electrons. The van der Waals surface area contributed by atoms with Gasteiger partial charge in [-0.1, -0.05) is 13.8 Å². The molecule has 0 radical (unpaired) electrons. The second-order valence-electron chi connectivity index (χ2n) is 3.75. The van der Waals surface area contributed by atoms with Crippen LogP contribution in [0.3, 0.4) is 0 Å². The average molecular weight is 197 g/mol. The van der Waals surface area contributed by atoms with Gasteiger partial charge in [-0.25, -0.2) is 0 Å². The van der Waals surface area contributed by atoms with Crippen LogP contribution in [0.5, 0.6) is 5.75 Å². The minimum absolute atomic E-state index is 0.552. The van der Waals surface area contributed by atoms with Crippen LogP contribution in [0.25, 0.3) is 0 Å². The van der Waals surface area contributed by atoms with Gasteiger partial charge in [0.15, 0.2) is 5.75 Å². The predicted octanol–water partition coefficient (Wildman–Crippen LogP) is 1.14. The van der Waals surface area contributed by atoms with Crippen LogP contribution in [0.15, 0.2) is 12.4 Å². The van der Waals surface area contributed by atoms with Crippen LogP contribution in [-0.4, -0.2) is 30.0 Å². The first-order chi connectivity index (χ1) is 6.72. The minimum Gasteiger partial charge on any atom is -0.490 e. The van der Waals surface area contributed by atoms with Crippen molar-refractivity contribution in [3.05, 3.63) is 12.4 Å². The number of hydrogen-bond donors (Lipinski definition) is 1. The molecule has 1 rings (SSSR count). The molecule has 1 aromatic rings. The number of hydrogen-bond acceptors (Lipinski definition) is 3. The Morgan fingerprint density at radius 2 is 2.36 bits per heavy atom. The molecule has 0 saturated heterocycles. The van der Waals surface area contributed by atoms with Gasteiger partial charge in [0.1, 0.15) is 0 Å². The van der Waals surface area contributed by atoms with Crippen LogP contribution >= 0.6 is 0 Å². The van der Waals surface area contributed by atoms with Crippen LogP contribution in [0.4, 0.5) is 0 Å². The zero-order valence-electron chi connectivity index (χ0n) is 9.16. The molecule has 0 unspecified atom stereocenters. The largest absolute Gasteiger partial charge is 0.490 e. The Bertz CT molecular complexity index is 258. The molecule has 0 fully saturated rings.